The second-order valence-electron chi connectivity index (χ2n) is 1.87. The molecule has 0 aromatic carbocycles. The minimum absolute atomic E-state index is 0.0290. The molecule has 64 valence electrons. The number of aliphatic carboxylic acids is 1. The van der Waals surface area contributed by atoms with Crippen LogP contribution in [0.15, 0.2) is 0 Å². The van der Waals surface area contributed by atoms with Crippen molar-refractivity contribution in [1.29, 1.82) is 0 Å². The number of carboxylic acid groups (broad SMARTS) is 1. The van der Waals surface area contributed by atoms with Gasteiger partial charge in [0.15, 0.2) is 0 Å². The first-order valence-electron chi connectivity index (χ1n) is 3.12. The van der Waals surface area contributed by atoms with Crippen LogP contribution in [0.25, 0.3) is 0 Å². The molecule has 1 N–H and O–H groups in total. The first-order chi connectivity index (χ1) is 5.16. The third-order valence-corrected chi connectivity index (χ3v) is 0.948. The van der Waals surface area contributed by atoms with E-state index in [2.05, 4.69) is 9.78 Å². The molecule has 0 saturated carbocycles. The molecule has 0 unspecified atom stereocenters. The number of rotatable bonds is 5. The van der Waals surface area contributed by atoms with Crippen LogP contribution in [0.4, 0.5) is 0 Å². The quantitative estimate of drug-likeness (QED) is 0.466. The molecule has 0 aromatic heterocycles. The molecule has 0 aliphatic carbocycles. The largest absolute Gasteiger partial charge is 0.481 e. The number of carboxylic acids is 1. The van der Waals surface area contributed by atoms with Crippen molar-refractivity contribution in [2.75, 3.05) is 7.11 Å². The van der Waals surface area contributed by atoms with E-state index < -0.39 is 11.9 Å². The highest BCUT2D eigenvalue weighted by atomic mass is 17.2. The van der Waals surface area contributed by atoms with Crippen LogP contribution in [0.5, 0.6) is 0 Å². The highest BCUT2D eigenvalue weighted by Crippen LogP contribution is 1.97. The first kappa shape index (κ1) is 9.90. The fourth-order valence-corrected chi connectivity index (χ4v) is 0.519. The van der Waals surface area contributed by atoms with Crippen molar-refractivity contribution in [2.24, 2.45) is 0 Å². The van der Waals surface area contributed by atoms with Crippen molar-refractivity contribution in [3.05, 3.63) is 0 Å². The van der Waals surface area contributed by atoms with E-state index in [0.717, 1.165) is 0 Å². The highest BCUT2D eigenvalue weighted by molar-refractivity contribution is 5.70. The van der Waals surface area contributed by atoms with Crippen LogP contribution in [0, 0.1) is 0 Å². The molecule has 0 saturated heterocycles. The zero-order valence-electron chi connectivity index (χ0n) is 6.20. The Kier molecular flexibility index (Phi) is 5.10. The van der Waals surface area contributed by atoms with Crippen LogP contribution in [-0.2, 0) is 19.4 Å². The van der Waals surface area contributed by atoms with Gasteiger partial charge in [-0.2, -0.15) is 4.89 Å². The Morgan fingerprint density at radius 3 is 2.45 bits per heavy atom. The van der Waals surface area contributed by atoms with Crippen LogP contribution >= 0.6 is 0 Å². The Morgan fingerprint density at radius 1 is 1.36 bits per heavy atom. The monoisotopic (exact) mass is 162 g/mol. The molecule has 0 aliphatic heterocycles. The summed E-state index contributed by atoms with van der Waals surface area (Å²) in [5.74, 6) is -1.47. The van der Waals surface area contributed by atoms with E-state index in [1.807, 2.05) is 0 Å². The zero-order chi connectivity index (χ0) is 8.69. The molecule has 11 heavy (non-hydrogen) atoms. The van der Waals surface area contributed by atoms with E-state index in [1.165, 1.54) is 7.11 Å². The molecule has 0 aromatic rings. The highest BCUT2D eigenvalue weighted by Gasteiger charge is 2.04. The summed E-state index contributed by atoms with van der Waals surface area (Å²) in [6.07, 6.45) is 0.316. The topological polar surface area (TPSA) is 72.8 Å². The predicted molar refractivity (Wildman–Crippen MR) is 34.6 cm³/mol. The van der Waals surface area contributed by atoms with Crippen LogP contribution in [0.1, 0.15) is 19.3 Å². The predicted octanol–water partition coefficient (Wildman–Crippen LogP) is 0.346. The molecule has 0 atom stereocenters. The van der Waals surface area contributed by atoms with Gasteiger partial charge in [0, 0.05) is 12.8 Å². The first-order valence-corrected chi connectivity index (χ1v) is 3.12. The summed E-state index contributed by atoms with van der Waals surface area (Å²) in [6, 6.07) is 0. The van der Waals surface area contributed by atoms with Gasteiger partial charge in [-0.15, -0.1) is 0 Å². The van der Waals surface area contributed by atoms with Gasteiger partial charge in [0.1, 0.15) is 0 Å². The summed E-state index contributed by atoms with van der Waals surface area (Å²) in [7, 11) is 1.22. The summed E-state index contributed by atoms with van der Waals surface area (Å²) in [5.41, 5.74) is 0. The van der Waals surface area contributed by atoms with Crippen molar-refractivity contribution >= 4 is 11.9 Å². The van der Waals surface area contributed by atoms with Crippen molar-refractivity contribution in [3.8, 4) is 0 Å². The van der Waals surface area contributed by atoms with Gasteiger partial charge in [-0.1, -0.05) is 0 Å². The normalized spacial score (nSPS) is 9.18. The molecule has 5 nitrogen and oxygen atoms in total. The lowest BCUT2D eigenvalue weighted by atomic mass is 10.2. The standard InChI is InChI=1S/C6H10O5/c1-10-11-6(9)4-2-3-5(7)8/h2-4H2,1H3,(H,7,8). The maximum Gasteiger partial charge on any atom is 0.342 e. The summed E-state index contributed by atoms with van der Waals surface area (Å²) in [5, 5.41) is 8.17. The van der Waals surface area contributed by atoms with Crippen molar-refractivity contribution in [2.45, 2.75) is 19.3 Å². The summed E-state index contributed by atoms with van der Waals surface area (Å²) in [6.45, 7) is 0. The van der Waals surface area contributed by atoms with Crippen molar-refractivity contribution in [1.82, 2.24) is 0 Å². The Morgan fingerprint density at radius 2 is 2.00 bits per heavy atom. The molecule has 0 spiro atoms. The van der Waals surface area contributed by atoms with Crippen LogP contribution in [0.3, 0.4) is 0 Å². The second kappa shape index (κ2) is 5.67. The lowest BCUT2D eigenvalue weighted by molar-refractivity contribution is -0.255. The number of carbonyl (C=O) groups is 2. The second-order valence-corrected chi connectivity index (χ2v) is 1.87. The number of hydrogen-bond acceptors (Lipinski definition) is 4. The maximum absolute atomic E-state index is 10.5. The van der Waals surface area contributed by atoms with Crippen LogP contribution < -0.4 is 0 Å². The summed E-state index contributed by atoms with van der Waals surface area (Å²) < 4.78 is 0. The number of hydrogen-bond donors (Lipinski definition) is 1. The van der Waals surface area contributed by atoms with Crippen molar-refractivity contribution in [3.63, 3.8) is 0 Å². The van der Waals surface area contributed by atoms with Gasteiger partial charge in [-0.25, -0.2) is 4.79 Å². The summed E-state index contributed by atoms with van der Waals surface area (Å²) >= 11 is 0. The van der Waals surface area contributed by atoms with Gasteiger partial charge >= 0.3 is 11.9 Å². The molecule has 0 fully saturated rings. The minimum Gasteiger partial charge on any atom is -0.481 e. The molecule has 0 amide bonds. The smallest absolute Gasteiger partial charge is 0.342 e. The molecule has 0 heterocycles. The van der Waals surface area contributed by atoms with Crippen LogP contribution in [0.2, 0.25) is 0 Å². The lowest BCUT2D eigenvalue weighted by Gasteiger charge is -1.96. The third-order valence-electron chi connectivity index (χ3n) is 0.948. The number of carbonyl (C=O) groups excluding carboxylic acids is 1. The molecule has 0 bridgehead atoms. The summed E-state index contributed by atoms with van der Waals surface area (Å²) in [4.78, 5) is 28.6. The van der Waals surface area contributed by atoms with E-state index in [4.69, 9.17) is 5.11 Å². The molecule has 0 aliphatic rings. The fraction of sp³-hybridized carbons (Fsp3) is 0.667. The van der Waals surface area contributed by atoms with Crippen molar-refractivity contribution < 1.29 is 24.5 Å². The Bertz CT molecular complexity index is 142. The fourth-order valence-electron chi connectivity index (χ4n) is 0.519. The van der Waals surface area contributed by atoms with E-state index >= 15 is 0 Å². The van der Waals surface area contributed by atoms with Gasteiger partial charge in [0.05, 0.1) is 7.11 Å². The Balaban J connectivity index is 3.24. The zero-order valence-corrected chi connectivity index (χ0v) is 6.20. The lowest BCUT2D eigenvalue weighted by Crippen LogP contribution is -2.04. The van der Waals surface area contributed by atoms with Gasteiger partial charge in [0.2, 0.25) is 0 Å². The Labute approximate surface area is 63.8 Å². The average Bonchev–Trinajstić information content (AvgIpc) is 1.87. The molecule has 0 rings (SSSR count). The van der Waals surface area contributed by atoms with Gasteiger partial charge < -0.3 is 5.11 Å². The van der Waals surface area contributed by atoms with Gasteiger partial charge in [0.25, 0.3) is 0 Å². The van der Waals surface area contributed by atoms with E-state index in [-0.39, 0.29) is 19.3 Å². The SMILES string of the molecule is COOC(=O)CCCC(=O)O. The third kappa shape index (κ3) is 6.79. The van der Waals surface area contributed by atoms with Crippen LogP contribution in [-0.4, -0.2) is 24.2 Å². The van der Waals surface area contributed by atoms with Gasteiger partial charge in [-0.3, -0.25) is 9.68 Å². The molecule has 5 heteroatoms. The minimum atomic E-state index is -0.921. The van der Waals surface area contributed by atoms with E-state index in [9.17, 15) is 9.59 Å². The molecule has 0 radical (unpaired) electrons. The van der Waals surface area contributed by atoms with E-state index in [1.54, 1.807) is 0 Å². The maximum atomic E-state index is 10.5. The molecular formula is C6H10O5. The molecular weight excluding hydrogens is 152 g/mol. The Hall–Kier alpha value is -1.10. The average molecular weight is 162 g/mol. The van der Waals surface area contributed by atoms with Gasteiger partial charge in [-0.05, 0) is 6.42 Å². The van der Waals surface area contributed by atoms with E-state index in [0.29, 0.717) is 0 Å².